The van der Waals surface area contributed by atoms with Gasteiger partial charge in [-0.2, -0.15) is 0 Å². The van der Waals surface area contributed by atoms with Crippen LogP contribution in [-0.4, -0.2) is 23.3 Å². The van der Waals surface area contributed by atoms with Crippen molar-refractivity contribution in [3.8, 4) is 5.75 Å². The van der Waals surface area contributed by atoms with Gasteiger partial charge in [0.05, 0.1) is 6.20 Å². The molecule has 0 aliphatic carbocycles. The number of rotatable bonds is 2. The molecule has 0 fully saturated rings. The molecule has 0 saturated heterocycles. The molecule has 0 saturated carbocycles. The summed E-state index contributed by atoms with van der Waals surface area (Å²) in [4.78, 5) is 7.98. The standard InChI is InChI=1S/C8H12BN3O/c1-2-3-9-5-11-8-7(13-9)4-10-6-12-8/h4,6H,2-3,5H2,1H3,(H,10,11,12). The Labute approximate surface area is 77.8 Å². The summed E-state index contributed by atoms with van der Waals surface area (Å²) >= 11 is 0. The fraction of sp³-hybridized carbons (Fsp3) is 0.500. The molecule has 1 aromatic heterocycles. The Bertz CT molecular complexity index is 294. The summed E-state index contributed by atoms with van der Waals surface area (Å²) in [7, 11) is 0. The molecule has 0 unspecified atom stereocenters. The topological polar surface area (TPSA) is 47.0 Å². The summed E-state index contributed by atoms with van der Waals surface area (Å²) in [5, 5.41) is 3.22. The molecule has 0 atom stereocenters. The number of nitrogens with one attached hydrogen (secondary N) is 1. The van der Waals surface area contributed by atoms with E-state index >= 15 is 0 Å². The second-order valence-corrected chi connectivity index (χ2v) is 3.15. The predicted molar refractivity (Wildman–Crippen MR) is 52.0 cm³/mol. The van der Waals surface area contributed by atoms with Gasteiger partial charge in [0.2, 0.25) is 0 Å². The number of nitrogens with zero attached hydrogens (tertiary/aromatic N) is 2. The van der Waals surface area contributed by atoms with Crippen molar-refractivity contribution < 1.29 is 4.65 Å². The highest BCUT2D eigenvalue weighted by Gasteiger charge is 2.23. The monoisotopic (exact) mass is 177 g/mol. The van der Waals surface area contributed by atoms with Gasteiger partial charge in [0.15, 0.2) is 11.6 Å². The zero-order valence-electron chi connectivity index (χ0n) is 7.66. The maximum Gasteiger partial charge on any atom is 0.377 e. The molecule has 68 valence electrons. The first-order valence-electron chi connectivity index (χ1n) is 4.60. The van der Waals surface area contributed by atoms with Crippen LogP contribution in [0.1, 0.15) is 13.3 Å². The average Bonchev–Trinajstić information content (AvgIpc) is 2.18. The second-order valence-electron chi connectivity index (χ2n) is 3.15. The number of aromatic nitrogens is 2. The van der Waals surface area contributed by atoms with E-state index in [2.05, 4.69) is 22.2 Å². The van der Waals surface area contributed by atoms with Crippen LogP contribution in [0.3, 0.4) is 0 Å². The van der Waals surface area contributed by atoms with E-state index in [4.69, 9.17) is 4.65 Å². The zero-order valence-corrected chi connectivity index (χ0v) is 7.66. The molecule has 5 heteroatoms. The van der Waals surface area contributed by atoms with Crippen molar-refractivity contribution in [1.82, 2.24) is 9.97 Å². The Morgan fingerprint density at radius 2 is 2.62 bits per heavy atom. The zero-order chi connectivity index (χ0) is 9.10. The van der Waals surface area contributed by atoms with Crippen LogP contribution in [0.4, 0.5) is 5.82 Å². The molecule has 1 N–H and O–H groups in total. The van der Waals surface area contributed by atoms with Gasteiger partial charge in [0, 0.05) is 6.44 Å². The first-order valence-corrected chi connectivity index (χ1v) is 4.60. The molecule has 1 aromatic rings. The quantitative estimate of drug-likeness (QED) is 0.690. The summed E-state index contributed by atoms with van der Waals surface area (Å²) in [5.74, 6) is 1.58. The third kappa shape index (κ3) is 1.74. The Morgan fingerprint density at radius 1 is 1.69 bits per heavy atom. The summed E-state index contributed by atoms with van der Waals surface area (Å²) in [6.07, 6.45) is 6.28. The summed E-state index contributed by atoms with van der Waals surface area (Å²) in [6, 6.07) is 0. The smallest absolute Gasteiger partial charge is 0.377 e. The number of anilines is 1. The molecule has 2 heterocycles. The highest BCUT2D eigenvalue weighted by molar-refractivity contribution is 6.54. The van der Waals surface area contributed by atoms with E-state index in [1.807, 2.05) is 0 Å². The maximum atomic E-state index is 5.68. The van der Waals surface area contributed by atoms with Crippen LogP contribution < -0.4 is 9.97 Å². The highest BCUT2D eigenvalue weighted by atomic mass is 16.4. The number of hydrogen-bond acceptors (Lipinski definition) is 4. The summed E-state index contributed by atoms with van der Waals surface area (Å²) in [5.41, 5.74) is 0. The van der Waals surface area contributed by atoms with E-state index in [0.717, 1.165) is 30.8 Å². The summed E-state index contributed by atoms with van der Waals surface area (Å²) in [6.45, 7) is 2.42. The van der Waals surface area contributed by atoms with Gasteiger partial charge in [-0.1, -0.05) is 13.3 Å². The van der Waals surface area contributed by atoms with E-state index in [1.54, 1.807) is 6.20 Å². The van der Waals surface area contributed by atoms with Gasteiger partial charge in [0.25, 0.3) is 0 Å². The first kappa shape index (κ1) is 8.35. The van der Waals surface area contributed by atoms with Crippen molar-refractivity contribution >= 4 is 12.7 Å². The van der Waals surface area contributed by atoms with E-state index in [-0.39, 0.29) is 6.92 Å². The Balaban J connectivity index is 2.11. The number of fused-ring (bicyclic) bond motifs is 1. The molecule has 1 aliphatic heterocycles. The minimum atomic E-state index is 0.267. The van der Waals surface area contributed by atoms with Gasteiger partial charge in [-0.05, 0) is 6.32 Å². The van der Waals surface area contributed by atoms with Crippen molar-refractivity contribution in [2.24, 2.45) is 0 Å². The van der Waals surface area contributed by atoms with Crippen molar-refractivity contribution in [3.05, 3.63) is 12.5 Å². The molecule has 0 amide bonds. The third-order valence-electron chi connectivity index (χ3n) is 2.08. The highest BCUT2D eigenvalue weighted by Crippen LogP contribution is 2.24. The van der Waals surface area contributed by atoms with Crippen LogP contribution in [-0.2, 0) is 0 Å². The van der Waals surface area contributed by atoms with Crippen molar-refractivity contribution in [2.75, 3.05) is 11.8 Å². The van der Waals surface area contributed by atoms with Gasteiger partial charge in [-0.25, -0.2) is 9.97 Å². The molecule has 13 heavy (non-hydrogen) atoms. The van der Waals surface area contributed by atoms with Crippen molar-refractivity contribution in [3.63, 3.8) is 0 Å². The van der Waals surface area contributed by atoms with Gasteiger partial charge >= 0.3 is 6.92 Å². The van der Waals surface area contributed by atoms with Gasteiger partial charge in [-0.15, -0.1) is 0 Å². The molecular weight excluding hydrogens is 165 g/mol. The lowest BCUT2D eigenvalue weighted by atomic mass is 9.63. The molecule has 0 spiro atoms. The number of hydrogen-bond donors (Lipinski definition) is 1. The largest absolute Gasteiger partial charge is 0.555 e. The molecule has 0 bridgehead atoms. The lowest BCUT2D eigenvalue weighted by Crippen LogP contribution is -2.35. The van der Waals surface area contributed by atoms with Gasteiger partial charge in [0.1, 0.15) is 6.33 Å². The van der Waals surface area contributed by atoms with Gasteiger partial charge in [-0.3, -0.25) is 0 Å². The summed E-state index contributed by atoms with van der Waals surface area (Å²) < 4.78 is 5.68. The molecule has 2 rings (SSSR count). The normalized spacial score (nSPS) is 14.4. The van der Waals surface area contributed by atoms with E-state index in [9.17, 15) is 0 Å². The lowest BCUT2D eigenvalue weighted by molar-refractivity contribution is 0.549. The fourth-order valence-corrected chi connectivity index (χ4v) is 1.45. The second kappa shape index (κ2) is 3.64. The van der Waals surface area contributed by atoms with Crippen LogP contribution in [0.25, 0.3) is 0 Å². The van der Waals surface area contributed by atoms with E-state index < -0.39 is 0 Å². The van der Waals surface area contributed by atoms with Crippen molar-refractivity contribution in [2.45, 2.75) is 19.7 Å². The van der Waals surface area contributed by atoms with Crippen LogP contribution in [0.5, 0.6) is 5.75 Å². The van der Waals surface area contributed by atoms with Crippen molar-refractivity contribution in [1.29, 1.82) is 0 Å². The minimum Gasteiger partial charge on any atom is -0.555 e. The Morgan fingerprint density at radius 3 is 3.46 bits per heavy atom. The molecule has 0 radical (unpaired) electrons. The van der Waals surface area contributed by atoms with E-state index in [1.165, 1.54) is 6.33 Å². The van der Waals surface area contributed by atoms with Crippen LogP contribution in [0.2, 0.25) is 6.32 Å². The van der Waals surface area contributed by atoms with Gasteiger partial charge < -0.3 is 9.97 Å². The van der Waals surface area contributed by atoms with E-state index in [0.29, 0.717) is 0 Å². The molecule has 4 nitrogen and oxygen atoms in total. The third-order valence-corrected chi connectivity index (χ3v) is 2.08. The minimum absolute atomic E-state index is 0.267. The van der Waals surface area contributed by atoms with Crippen LogP contribution in [0.15, 0.2) is 12.5 Å². The molecular formula is C8H12BN3O. The lowest BCUT2D eigenvalue weighted by Gasteiger charge is -2.23. The fourth-order valence-electron chi connectivity index (χ4n) is 1.45. The molecule has 0 aromatic carbocycles. The average molecular weight is 177 g/mol. The molecule has 1 aliphatic rings. The SMILES string of the molecule is CCCB1CNc2ncncc2O1. The maximum absolute atomic E-state index is 5.68. The first-order chi connectivity index (χ1) is 6.40. The van der Waals surface area contributed by atoms with Crippen LogP contribution >= 0.6 is 0 Å². The van der Waals surface area contributed by atoms with Crippen LogP contribution in [0, 0.1) is 0 Å². The Kier molecular flexibility index (Phi) is 2.34. The predicted octanol–water partition coefficient (Wildman–Crippen LogP) is 1.22. The Hall–Kier alpha value is -1.26.